The average Bonchev–Trinajstić information content (AvgIpc) is 3.18. The third-order valence-electron chi connectivity index (χ3n) is 5.70. The molecule has 0 N–H and O–H groups in total. The number of pyridine rings is 1. The van der Waals surface area contributed by atoms with Crippen molar-refractivity contribution in [2.45, 2.75) is 26.7 Å². The Labute approximate surface area is 184 Å². The van der Waals surface area contributed by atoms with Gasteiger partial charge in [-0.2, -0.15) is 5.10 Å². The number of halogens is 2. The van der Waals surface area contributed by atoms with Crippen molar-refractivity contribution in [2.24, 2.45) is 5.41 Å². The molecule has 0 atom stereocenters. The van der Waals surface area contributed by atoms with Gasteiger partial charge in [-0.15, -0.1) is 0 Å². The topological polar surface area (TPSA) is 47.8 Å². The SMILES string of the molecule is CC1(C)CC(=O)c2ccc(-c3cc(-c4cccc(F)c4)nn3-c3cccc(F)c3)nc2C1. The van der Waals surface area contributed by atoms with E-state index >= 15 is 0 Å². The summed E-state index contributed by atoms with van der Waals surface area (Å²) >= 11 is 0. The standard InChI is InChI=1S/C26H21F2N3O/c1-26(2)14-23-20(25(32)15-26)9-10-21(29-23)24-13-22(16-5-3-6-17(27)11-16)30-31(24)19-8-4-7-18(28)12-19/h3-13H,14-15H2,1-2H3. The number of nitrogens with zero attached hydrogens (tertiary/aromatic N) is 3. The Bertz CT molecular complexity index is 1360. The van der Waals surface area contributed by atoms with Crippen molar-refractivity contribution in [1.82, 2.24) is 14.8 Å². The lowest BCUT2D eigenvalue weighted by atomic mass is 9.75. The summed E-state index contributed by atoms with van der Waals surface area (Å²) in [5.74, 6) is -0.659. The predicted octanol–water partition coefficient (Wildman–Crippen LogP) is 6.03. The number of rotatable bonds is 3. The number of fused-ring (bicyclic) bond motifs is 1. The van der Waals surface area contributed by atoms with E-state index in [1.165, 1.54) is 24.3 Å². The first-order chi connectivity index (χ1) is 15.3. The molecule has 0 fully saturated rings. The van der Waals surface area contributed by atoms with Gasteiger partial charge in [0.05, 0.1) is 28.5 Å². The lowest BCUT2D eigenvalue weighted by molar-refractivity contribution is 0.0910. The highest BCUT2D eigenvalue weighted by atomic mass is 19.1. The normalized spacial score (nSPS) is 14.9. The van der Waals surface area contributed by atoms with Gasteiger partial charge >= 0.3 is 0 Å². The van der Waals surface area contributed by atoms with Gasteiger partial charge in [-0.3, -0.25) is 9.78 Å². The van der Waals surface area contributed by atoms with Crippen molar-refractivity contribution in [1.29, 1.82) is 0 Å². The zero-order valence-corrected chi connectivity index (χ0v) is 17.8. The fourth-order valence-electron chi connectivity index (χ4n) is 4.24. The van der Waals surface area contributed by atoms with Crippen molar-refractivity contribution < 1.29 is 13.6 Å². The van der Waals surface area contributed by atoms with Crippen molar-refractivity contribution in [2.75, 3.05) is 0 Å². The number of benzene rings is 2. The molecule has 32 heavy (non-hydrogen) atoms. The second kappa shape index (κ2) is 7.48. The number of hydrogen-bond acceptors (Lipinski definition) is 3. The minimum Gasteiger partial charge on any atom is -0.294 e. The Kier molecular flexibility index (Phi) is 4.73. The number of ketones is 1. The predicted molar refractivity (Wildman–Crippen MR) is 119 cm³/mol. The molecule has 1 aliphatic carbocycles. The molecule has 2 aromatic heterocycles. The first-order valence-corrected chi connectivity index (χ1v) is 10.4. The van der Waals surface area contributed by atoms with Gasteiger partial charge in [-0.05, 0) is 60.4 Å². The zero-order chi connectivity index (χ0) is 22.5. The van der Waals surface area contributed by atoms with Gasteiger partial charge in [0, 0.05) is 17.5 Å². The molecule has 1 aliphatic rings. The Morgan fingerprint density at radius 3 is 2.38 bits per heavy atom. The van der Waals surface area contributed by atoms with Crippen molar-refractivity contribution >= 4 is 5.78 Å². The van der Waals surface area contributed by atoms with Crippen molar-refractivity contribution in [3.8, 4) is 28.3 Å². The summed E-state index contributed by atoms with van der Waals surface area (Å²) in [7, 11) is 0. The second-order valence-corrected chi connectivity index (χ2v) is 8.95. The summed E-state index contributed by atoms with van der Waals surface area (Å²) in [6.07, 6.45) is 1.18. The third-order valence-corrected chi connectivity index (χ3v) is 5.70. The number of carbonyl (C=O) groups excluding carboxylic acids is 1. The van der Waals surface area contributed by atoms with Crippen LogP contribution in [0.15, 0.2) is 66.7 Å². The number of carbonyl (C=O) groups is 1. The van der Waals surface area contributed by atoms with Crippen LogP contribution in [0.25, 0.3) is 28.3 Å². The molecule has 2 aromatic carbocycles. The fourth-order valence-corrected chi connectivity index (χ4v) is 4.24. The number of aromatic nitrogens is 3. The molecular weight excluding hydrogens is 408 g/mol. The molecule has 0 bridgehead atoms. The van der Waals surface area contributed by atoms with Crippen LogP contribution in [0.5, 0.6) is 0 Å². The summed E-state index contributed by atoms with van der Waals surface area (Å²) < 4.78 is 29.4. The maximum Gasteiger partial charge on any atom is 0.165 e. The Hall–Kier alpha value is -3.67. The average molecular weight is 429 g/mol. The molecule has 0 unspecified atom stereocenters. The monoisotopic (exact) mass is 429 g/mol. The van der Waals surface area contributed by atoms with Gasteiger partial charge < -0.3 is 0 Å². The lowest BCUT2D eigenvalue weighted by Gasteiger charge is -2.29. The van der Waals surface area contributed by atoms with Crippen molar-refractivity contribution in [3.63, 3.8) is 0 Å². The van der Waals surface area contributed by atoms with Crippen LogP contribution in [-0.4, -0.2) is 20.5 Å². The van der Waals surface area contributed by atoms with Crippen LogP contribution in [0.1, 0.15) is 36.3 Å². The summed E-state index contributed by atoms with van der Waals surface area (Å²) in [4.78, 5) is 17.4. The lowest BCUT2D eigenvalue weighted by Crippen LogP contribution is -2.28. The minimum absolute atomic E-state index is 0.0920. The Morgan fingerprint density at radius 1 is 0.875 bits per heavy atom. The molecule has 2 heterocycles. The van der Waals surface area contributed by atoms with Crippen LogP contribution in [0.3, 0.4) is 0 Å². The van der Waals surface area contributed by atoms with Crippen molar-refractivity contribution in [3.05, 3.63) is 89.6 Å². The van der Waals surface area contributed by atoms with Gasteiger partial charge in [0.15, 0.2) is 5.78 Å². The Balaban J connectivity index is 1.69. The zero-order valence-electron chi connectivity index (χ0n) is 17.8. The van der Waals surface area contributed by atoms with Crippen LogP contribution in [-0.2, 0) is 6.42 Å². The molecule has 4 aromatic rings. The summed E-state index contributed by atoms with van der Waals surface area (Å²) in [5, 5.41) is 4.64. The summed E-state index contributed by atoms with van der Waals surface area (Å²) in [5.41, 5.74) is 4.17. The maximum absolute atomic E-state index is 14.0. The van der Waals surface area contributed by atoms with E-state index in [1.807, 2.05) is 6.07 Å². The highest BCUT2D eigenvalue weighted by Crippen LogP contribution is 2.36. The molecule has 0 spiro atoms. The first-order valence-electron chi connectivity index (χ1n) is 10.4. The number of hydrogen-bond donors (Lipinski definition) is 0. The van der Waals surface area contributed by atoms with E-state index in [1.54, 1.807) is 41.1 Å². The van der Waals surface area contributed by atoms with E-state index in [2.05, 4.69) is 18.9 Å². The minimum atomic E-state index is -0.387. The van der Waals surface area contributed by atoms with Gasteiger partial charge in [-0.1, -0.05) is 32.0 Å². The molecule has 5 rings (SSSR count). The third kappa shape index (κ3) is 3.73. The molecule has 0 radical (unpaired) electrons. The smallest absolute Gasteiger partial charge is 0.165 e. The van der Waals surface area contributed by atoms with Gasteiger partial charge in [0.2, 0.25) is 0 Å². The second-order valence-electron chi connectivity index (χ2n) is 8.95. The van der Waals surface area contributed by atoms with E-state index < -0.39 is 0 Å². The van der Waals surface area contributed by atoms with Gasteiger partial charge in [-0.25, -0.2) is 13.5 Å². The van der Waals surface area contributed by atoms with E-state index in [9.17, 15) is 13.6 Å². The summed E-state index contributed by atoms with van der Waals surface area (Å²) in [6, 6.07) is 17.7. The molecule has 0 saturated heterocycles. The molecule has 0 aliphatic heterocycles. The molecule has 160 valence electrons. The van der Waals surface area contributed by atoms with Crippen LogP contribution < -0.4 is 0 Å². The quantitative estimate of drug-likeness (QED) is 0.399. The van der Waals surface area contributed by atoms with E-state index in [-0.39, 0.29) is 22.8 Å². The maximum atomic E-state index is 14.0. The first kappa shape index (κ1) is 20.2. The van der Waals surface area contributed by atoms with Gasteiger partial charge in [0.25, 0.3) is 0 Å². The fraction of sp³-hybridized carbons (Fsp3) is 0.192. The highest BCUT2D eigenvalue weighted by Gasteiger charge is 2.32. The largest absolute Gasteiger partial charge is 0.294 e. The van der Waals surface area contributed by atoms with E-state index in [0.717, 1.165) is 5.69 Å². The molecule has 0 amide bonds. The van der Waals surface area contributed by atoms with E-state index in [0.29, 0.717) is 46.7 Å². The summed E-state index contributed by atoms with van der Waals surface area (Å²) in [6.45, 7) is 4.11. The molecular formula is C26H21F2N3O. The Morgan fingerprint density at radius 2 is 1.62 bits per heavy atom. The van der Waals surface area contributed by atoms with Crippen LogP contribution in [0.2, 0.25) is 0 Å². The van der Waals surface area contributed by atoms with E-state index in [4.69, 9.17) is 4.98 Å². The van der Waals surface area contributed by atoms with Crippen LogP contribution >= 0.6 is 0 Å². The molecule has 6 heteroatoms. The van der Waals surface area contributed by atoms with Gasteiger partial charge in [0.1, 0.15) is 11.6 Å². The number of Topliss-reactive ketones (excluding diaryl/α,β-unsaturated/α-hetero) is 1. The van der Waals surface area contributed by atoms with Crippen LogP contribution in [0, 0.1) is 17.0 Å². The molecule has 4 nitrogen and oxygen atoms in total. The molecule has 0 saturated carbocycles. The van der Waals surface area contributed by atoms with Crippen LogP contribution in [0.4, 0.5) is 8.78 Å². The highest BCUT2D eigenvalue weighted by molar-refractivity contribution is 5.98.